The van der Waals surface area contributed by atoms with Crippen LogP contribution in [0.25, 0.3) is 0 Å². The highest BCUT2D eigenvalue weighted by atomic mass is 32.2. The second-order valence-corrected chi connectivity index (χ2v) is 5.69. The first-order valence-corrected chi connectivity index (χ1v) is 6.29. The van der Waals surface area contributed by atoms with Gasteiger partial charge in [-0.05, 0) is 31.4 Å². The minimum Gasteiger partial charge on any atom is -0.368 e. The molecule has 1 aromatic carbocycles. The van der Waals surface area contributed by atoms with Gasteiger partial charge in [0.25, 0.3) is 0 Å². The molecule has 1 aromatic rings. The van der Waals surface area contributed by atoms with Crippen LogP contribution < -0.4 is 11.5 Å². The van der Waals surface area contributed by atoms with Crippen LogP contribution in [0.15, 0.2) is 35.2 Å². The van der Waals surface area contributed by atoms with Crippen LogP contribution in [-0.4, -0.2) is 16.7 Å². The maximum Gasteiger partial charge on any atom is 0.237 e. The molecule has 3 nitrogen and oxygen atoms in total. The topological polar surface area (TPSA) is 69.1 Å². The first kappa shape index (κ1) is 11.5. The maximum absolute atomic E-state index is 11.2. The molecule has 0 radical (unpaired) electrons. The number of carbonyl (C=O) groups excluding carboxylic acids is 1. The minimum atomic E-state index is -0.785. The summed E-state index contributed by atoms with van der Waals surface area (Å²) in [7, 11) is 0. The second kappa shape index (κ2) is 4.47. The predicted octanol–water partition coefficient (Wildman–Crippen LogP) is 1.51. The third-order valence-electron chi connectivity index (χ3n) is 3.04. The molecule has 1 saturated carbocycles. The minimum absolute atomic E-state index is 0.372. The molecule has 0 heterocycles. The van der Waals surface area contributed by atoms with E-state index in [-0.39, 0.29) is 5.91 Å². The lowest BCUT2D eigenvalue weighted by Gasteiger charge is -2.19. The molecular formula is C12H16N2OS. The first-order valence-electron chi connectivity index (χ1n) is 5.41. The van der Waals surface area contributed by atoms with E-state index in [1.165, 1.54) is 4.90 Å². The van der Waals surface area contributed by atoms with Crippen LogP contribution in [0, 0.1) is 0 Å². The Morgan fingerprint density at radius 1 is 1.38 bits per heavy atom. The van der Waals surface area contributed by atoms with E-state index < -0.39 is 5.54 Å². The van der Waals surface area contributed by atoms with Crippen molar-refractivity contribution in [2.75, 3.05) is 0 Å². The highest BCUT2D eigenvalue weighted by molar-refractivity contribution is 8.00. The molecule has 1 aliphatic rings. The summed E-state index contributed by atoms with van der Waals surface area (Å²) in [4.78, 5) is 12.4. The van der Waals surface area contributed by atoms with Gasteiger partial charge in [-0.1, -0.05) is 18.2 Å². The Bertz CT molecular complexity index is 382. The summed E-state index contributed by atoms with van der Waals surface area (Å²) in [5.74, 6) is -0.372. The van der Waals surface area contributed by atoms with Crippen LogP contribution in [0.3, 0.4) is 0 Å². The van der Waals surface area contributed by atoms with Crippen molar-refractivity contribution >= 4 is 17.7 Å². The van der Waals surface area contributed by atoms with Gasteiger partial charge in [0.2, 0.25) is 5.91 Å². The molecule has 86 valence electrons. The quantitative estimate of drug-likeness (QED) is 0.836. The number of hydrogen-bond acceptors (Lipinski definition) is 3. The molecule has 16 heavy (non-hydrogen) atoms. The summed E-state index contributed by atoms with van der Waals surface area (Å²) in [5, 5.41) is 0.403. The molecule has 0 spiro atoms. The smallest absolute Gasteiger partial charge is 0.237 e. The molecule has 0 aliphatic heterocycles. The average Bonchev–Trinajstić information content (AvgIpc) is 2.63. The van der Waals surface area contributed by atoms with E-state index in [4.69, 9.17) is 11.5 Å². The van der Waals surface area contributed by atoms with Gasteiger partial charge in [-0.3, -0.25) is 4.79 Å². The SMILES string of the molecule is NC(=O)C1(N)CCC(Sc2ccccc2)C1. The number of benzene rings is 1. The van der Waals surface area contributed by atoms with Gasteiger partial charge < -0.3 is 11.5 Å². The van der Waals surface area contributed by atoms with E-state index in [0.717, 1.165) is 6.42 Å². The van der Waals surface area contributed by atoms with Crippen LogP contribution >= 0.6 is 11.8 Å². The lowest BCUT2D eigenvalue weighted by atomic mass is 9.99. The molecule has 0 saturated heterocycles. The number of thioether (sulfide) groups is 1. The van der Waals surface area contributed by atoms with Gasteiger partial charge in [0, 0.05) is 10.1 Å². The van der Waals surface area contributed by atoms with Crippen LogP contribution in [0.5, 0.6) is 0 Å². The summed E-state index contributed by atoms with van der Waals surface area (Å²) in [6.45, 7) is 0. The van der Waals surface area contributed by atoms with Crippen molar-refractivity contribution in [3.8, 4) is 0 Å². The van der Waals surface area contributed by atoms with E-state index in [0.29, 0.717) is 18.1 Å². The Labute approximate surface area is 99.6 Å². The molecule has 4 N–H and O–H groups in total. The number of rotatable bonds is 3. The number of carbonyl (C=O) groups is 1. The maximum atomic E-state index is 11.2. The van der Waals surface area contributed by atoms with E-state index in [9.17, 15) is 4.79 Å². The van der Waals surface area contributed by atoms with E-state index >= 15 is 0 Å². The van der Waals surface area contributed by atoms with Crippen molar-refractivity contribution in [3.05, 3.63) is 30.3 Å². The number of hydrogen-bond donors (Lipinski definition) is 2. The van der Waals surface area contributed by atoms with E-state index in [2.05, 4.69) is 12.1 Å². The van der Waals surface area contributed by atoms with Crippen molar-refractivity contribution in [2.24, 2.45) is 11.5 Å². The van der Waals surface area contributed by atoms with Gasteiger partial charge in [-0.25, -0.2) is 0 Å². The molecule has 1 aliphatic carbocycles. The van der Waals surface area contributed by atoms with Crippen molar-refractivity contribution in [3.63, 3.8) is 0 Å². The molecule has 0 bridgehead atoms. The van der Waals surface area contributed by atoms with Gasteiger partial charge in [-0.15, -0.1) is 11.8 Å². The standard InChI is InChI=1S/C12H16N2OS/c13-11(15)12(14)7-6-10(8-12)16-9-4-2-1-3-5-9/h1-5,10H,6-8,14H2,(H2,13,15). The second-order valence-electron chi connectivity index (χ2n) is 4.32. The Kier molecular flexibility index (Phi) is 3.21. The van der Waals surface area contributed by atoms with Gasteiger partial charge >= 0.3 is 0 Å². The highest BCUT2D eigenvalue weighted by Crippen LogP contribution is 2.38. The lowest BCUT2D eigenvalue weighted by molar-refractivity contribution is -0.122. The first-order chi connectivity index (χ1) is 7.60. The normalized spacial score (nSPS) is 29.2. The zero-order valence-corrected chi connectivity index (χ0v) is 9.87. The molecule has 0 aromatic heterocycles. The summed E-state index contributed by atoms with van der Waals surface area (Å²) >= 11 is 1.78. The van der Waals surface area contributed by atoms with E-state index in [1.54, 1.807) is 11.8 Å². The molecule has 1 fully saturated rings. The molecule has 2 atom stereocenters. The Balaban J connectivity index is 1.98. The van der Waals surface area contributed by atoms with Crippen LogP contribution in [0.1, 0.15) is 19.3 Å². The Hall–Kier alpha value is -1.00. The lowest BCUT2D eigenvalue weighted by Crippen LogP contribution is -2.50. The zero-order chi connectivity index (χ0) is 11.6. The zero-order valence-electron chi connectivity index (χ0n) is 9.06. The average molecular weight is 236 g/mol. The van der Waals surface area contributed by atoms with Gasteiger partial charge in [0.15, 0.2) is 0 Å². The molecule has 4 heteroatoms. The molecule has 1 amide bonds. The van der Waals surface area contributed by atoms with Crippen LogP contribution in [-0.2, 0) is 4.79 Å². The van der Waals surface area contributed by atoms with E-state index in [1.807, 2.05) is 18.2 Å². The Morgan fingerprint density at radius 3 is 2.62 bits per heavy atom. The summed E-state index contributed by atoms with van der Waals surface area (Å²) < 4.78 is 0. The number of amides is 1. The monoisotopic (exact) mass is 236 g/mol. The fourth-order valence-electron chi connectivity index (χ4n) is 2.04. The summed E-state index contributed by atoms with van der Waals surface area (Å²) in [5.41, 5.74) is 10.5. The third kappa shape index (κ3) is 2.39. The highest BCUT2D eigenvalue weighted by Gasteiger charge is 2.40. The number of nitrogens with two attached hydrogens (primary N) is 2. The number of primary amides is 1. The predicted molar refractivity (Wildman–Crippen MR) is 66.1 cm³/mol. The van der Waals surface area contributed by atoms with Crippen molar-refractivity contribution in [1.82, 2.24) is 0 Å². The largest absolute Gasteiger partial charge is 0.368 e. The molecule has 2 rings (SSSR count). The van der Waals surface area contributed by atoms with Gasteiger partial charge in [0.1, 0.15) is 0 Å². The van der Waals surface area contributed by atoms with Crippen LogP contribution in [0.2, 0.25) is 0 Å². The molecular weight excluding hydrogens is 220 g/mol. The Morgan fingerprint density at radius 2 is 2.06 bits per heavy atom. The fraction of sp³-hybridized carbons (Fsp3) is 0.417. The van der Waals surface area contributed by atoms with Gasteiger partial charge in [0.05, 0.1) is 5.54 Å². The van der Waals surface area contributed by atoms with Crippen molar-refractivity contribution < 1.29 is 4.79 Å². The fourth-order valence-corrected chi connectivity index (χ4v) is 3.36. The van der Waals surface area contributed by atoms with Crippen molar-refractivity contribution in [1.29, 1.82) is 0 Å². The van der Waals surface area contributed by atoms with Gasteiger partial charge in [-0.2, -0.15) is 0 Å². The van der Waals surface area contributed by atoms with Crippen molar-refractivity contribution in [2.45, 2.75) is 34.9 Å². The van der Waals surface area contributed by atoms with Crippen LogP contribution in [0.4, 0.5) is 0 Å². The summed E-state index contributed by atoms with van der Waals surface area (Å²) in [6.07, 6.45) is 2.34. The molecule has 2 unspecified atom stereocenters. The third-order valence-corrected chi connectivity index (χ3v) is 4.32. The summed E-state index contributed by atoms with van der Waals surface area (Å²) in [6, 6.07) is 10.2.